The van der Waals surface area contributed by atoms with E-state index in [9.17, 15) is 0 Å². The zero-order chi connectivity index (χ0) is 9.97. The van der Waals surface area contributed by atoms with Gasteiger partial charge in [-0.15, -0.1) is 10.2 Å². The van der Waals surface area contributed by atoms with Crippen LogP contribution in [-0.2, 0) is 6.54 Å². The Morgan fingerprint density at radius 3 is 3.00 bits per heavy atom. The maximum Gasteiger partial charge on any atom is 0.137 e. The van der Waals surface area contributed by atoms with Gasteiger partial charge < -0.3 is 9.88 Å². The molecule has 1 aliphatic rings. The average Bonchev–Trinajstić information content (AvgIpc) is 2.61. The first-order valence-electron chi connectivity index (χ1n) is 5.43. The van der Waals surface area contributed by atoms with Crippen LogP contribution in [0, 0.1) is 6.92 Å². The van der Waals surface area contributed by atoms with Crippen LogP contribution in [0.25, 0.3) is 0 Å². The van der Waals surface area contributed by atoms with Gasteiger partial charge in [0.15, 0.2) is 0 Å². The Morgan fingerprint density at radius 2 is 2.36 bits per heavy atom. The van der Waals surface area contributed by atoms with E-state index in [4.69, 9.17) is 0 Å². The molecule has 4 heteroatoms. The summed E-state index contributed by atoms with van der Waals surface area (Å²) in [5.41, 5.74) is 0. The fourth-order valence-corrected chi connectivity index (χ4v) is 2.16. The van der Waals surface area contributed by atoms with Crippen LogP contribution in [0.15, 0.2) is 0 Å². The second-order valence-corrected chi connectivity index (χ2v) is 3.89. The van der Waals surface area contributed by atoms with Crippen LogP contribution >= 0.6 is 0 Å². The minimum absolute atomic E-state index is 0.560. The minimum atomic E-state index is 0.560. The second kappa shape index (κ2) is 4.09. The topological polar surface area (TPSA) is 42.7 Å². The van der Waals surface area contributed by atoms with Gasteiger partial charge in [0, 0.05) is 19.0 Å². The number of rotatable bonds is 2. The molecular weight excluding hydrogens is 176 g/mol. The molecule has 1 fully saturated rings. The Hall–Kier alpha value is -0.900. The molecule has 1 atom stereocenters. The predicted molar refractivity (Wildman–Crippen MR) is 55.3 cm³/mol. The van der Waals surface area contributed by atoms with Crippen LogP contribution in [0.2, 0.25) is 0 Å². The molecule has 0 saturated carbocycles. The van der Waals surface area contributed by atoms with Crippen molar-refractivity contribution in [3.05, 3.63) is 11.6 Å². The number of hydrogen-bond donors (Lipinski definition) is 1. The molecule has 1 unspecified atom stereocenters. The summed E-state index contributed by atoms with van der Waals surface area (Å²) >= 11 is 0. The number of piperidine rings is 1. The number of aryl methyl sites for hydroxylation is 1. The predicted octanol–water partition coefficient (Wildman–Crippen LogP) is 1.07. The number of hydrogen-bond acceptors (Lipinski definition) is 3. The molecule has 0 bridgehead atoms. The summed E-state index contributed by atoms with van der Waals surface area (Å²) < 4.78 is 2.22. The lowest BCUT2D eigenvalue weighted by atomic mass is 9.99. The van der Waals surface area contributed by atoms with E-state index < -0.39 is 0 Å². The Labute approximate surface area is 84.7 Å². The molecule has 1 aromatic rings. The molecule has 0 radical (unpaired) electrons. The number of aromatic nitrogens is 3. The van der Waals surface area contributed by atoms with Gasteiger partial charge in [-0.05, 0) is 33.2 Å². The highest BCUT2D eigenvalue weighted by atomic mass is 15.3. The van der Waals surface area contributed by atoms with E-state index in [0.717, 1.165) is 31.3 Å². The van der Waals surface area contributed by atoms with Gasteiger partial charge in [0.25, 0.3) is 0 Å². The first kappa shape index (κ1) is 9.65. The standard InChI is InChI=1S/C10H18N4/c1-3-14-8(2)12-13-10(14)9-5-4-6-11-7-9/h9,11H,3-7H2,1-2H3. The summed E-state index contributed by atoms with van der Waals surface area (Å²) in [6, 6.07) is 0. The fraction of sp³-hybridized carbons (Fsp3) is 0.800. The third-order valence-corrected chi connectivity index (χ3v) is 2.94. The molecule has 1 aromatic heterocycles. The van der Waals surface area contributed by atoms with Crippen molar-refractivity contribution in [1.29, 1.82) is 0 Å². The molecular formula is C10H18N4. The van der Waals surface area contributed by atoms with Crippen LogP contribution in [0.3, 0.4) is 0 Å². The van der Waals surface area contributed by atoms with Crippen molar-refractivity contribution < 1.29 is 0 Å². The lowest BCUT2D eigenvalue weighted by molar-refractivity contribution is 0.432. The molecule has 2 rings (SSSR count). The van der Waals surface area contributed by atoms with E-state index in [-0.39, 0.29) is 0 Å². The first-order valence-corrected chi connectivity index (χ1v) is 5.43. The molecule has 4 nitrogen and oxygen atoms in total. The van der Waals surface area contributed by atoms with Crippen molar-refractivity contribution in [2.45, 2.75) is 39.2 Å². The maximum atomic E-state index is 4.28. The van der Waals surface area contributed by atoms with E-state index in [1.165, 1.54) is 12.8 Å². The van der Waals surface area contributed by atoms with Crippen molar-refractivity contribution >= 4 is 0 Å². The van der Waals surface area contributed by atoms with Crippen LogP contribution in [0.5, 0.6) is 0 Å². The van der Waals surface area contributed by atoms with Crippen molar-refractivity contribution in [3.8, 4) is 0 Å². The molecule has 1 saturated heterocycles. The van der Waals surface area contributed by atoms with Gasteiger partial charge in [-0.1, -0.05) is 0 Å². The molecule has 0 aromatic carbocycles. The van der Waals surface area contributed by atoms with E-state index in [2.05, 4.69) is 27.0 Å². The Kier molecular flexibility index (Phi) is 2.82. The van der Waals surface area contributed by atoms with Crippen molar-refractivity contribution in [2.75, 3.05) is 13.1 Å². The van der Waals surface area contributed by atoms with Gasteiger partial charge in [-0.25, -0.2) is 0 Å². The van der Waals surface area contributed by atoms with Gasteiger partial charge in [-0.3, -0.25) is 0 Å². The van der Waals surface area contributed by atoms with Crippen LogP contribution < -0.4 is 5.32 Å². The monoisotopic (exact) mass is 194 g/mol. The summed E-state index contributed by atoms with van der Waals surface area (Å²) in [7, 11) is 0. The zero-order valence-corrected chi connectivity index (χ0v) is 8.95. The largest absolute Gasteiger partial charge is 0.316 e. The van der Waals surface area contributed by atoms with E-state index in [1.54, 1.807) is 0 Å². The maximum absolute atomic E-state index is 4.28. The van der Waals surface area contributed by atoms with Crippen LogP contribution in [0.1, 0.15) is 37.3 Å². The highest BCUT2D eigenvalue weighted by Gasteiger charge is 2.21. The lowest BCUT2D eigenvalue weighted by Gasteiger charge is -2.22. The van der Waals surface area contributed by atoms with Crippen molar-refractivity contribution in [1.82, 2.24) is 20.1 Å². The van der Waals surface area contributed by atoms with Gasteiger partial charge in [0.1, 0.15) is 11.6 Å². The molecule has 1 aliphatic heterocycles. The van der Waals surface area contributed by atoms with Gasteiger partial charge in [0.2, 0.25) is 0 Å². The Balaban J connectivity index is 2.21. The van der Waals surface area contributed by atoms with E-state index >= 15 is 0 Å². The lowest BCUT2D eigenvalue weighted by Crippen LogP contribution is -2.30. The highest BCUT2D eigenvalue weighted by molar-refractivity contribution is 5.03. The quantitative estimate of drug-likeness (QED) is 0.766. The Bertz CT molecular complexity index is 299. The highest BCUT2D eigenvalue weighted by Crippen LogP contribution is 2.21. The summed E-state index contributed by atoms with van der Waals surface area (Å²) in [4.78, 5) is 0. The molecule has 0 aliphatic carbocycles. The van der Waals surface area contributed by atoms with E-state index in [1.807, 2.05) is 6.92 Å². The molecule has 78 valence electrons. The SMILES string of the molecule is CCn1c(C)nnc1C1CCCNC1. The molecule has 0 spiro atoms. The minimum Gasteiger partial charge on any atom is -0.316 e. The van der Waals surface area contributed by atoms with Crippen molar-refractivity contribution in [2.24, 2.45) is 0 Å². The fourth-order valence-electron chi connectivity index (χ4n) is 2.16. The van der Waals surface area contributed by atoms with Gasteiger partial charge >= 0.3 is 0 Å². The molecule has 1 N–H and O–H groups in total. The third-order valence-electron chi connectivity index (χ3n) is 2.94. The Morgan fingerprint density at radius 1 is 1.50 bits per heavy atom. The summed E-state index contributed by atoms with van der Waals surface area (Å²) in [6.45, 7) is 7.35. The summed E-state index contributed by atoms with van der Waals surface area (Å²) in [5.74, 6) is 2.76. The molecule has 0 amide bonds. The number of nitrogens with zero attached hydrogens (tertiary/aromatic N) is 3. The summed E-state index contributed by atoms with van der Waals surface area (Å²) in [5, 5.41) is 11.8. The zero-order valence-electron chi connectivity index (χ0n) is 8.95. The summed E-state index contributed by atoms with van der Waals surface area (Å²) in [6.07, 6.45) is 2.49. The van der Waals surface area contributed by atoms with E-state index in [0.29, 0.717) is 5.92 Å². The van der Waals surface area contributed by atoms with Crippen molar-refractivity contribution in [3.63, 3.8) is 0 Å². The van der Waals surface area contributed by atoms with Crippen LogP contribution in [0.4, 0.5) is 0 Å². The molecule has 2 heterocycles. The van der Waals surface area contributed by atoms with Gasteiger partial charge in [-0.2, -0.15) is 0 Å². The first-order chi connectivity index (χ1) is 6.83. The smallest absolute Gasteiger partial charge is 0.137 e. The number of nitrogens with one attached hydrogen (secondary N) is 1. The second-order valence-electron chi connectivity index (χ2n) is 3.89. The normalized spacial score (nSPS) is 22.6. The average molecular weight is 194 g/mol. The van der Waals surface area contributed by atoms with Gasteiger partial charge in [0.05, 0.1) is 0 Å². The molecule has 14 heavy (non-hydrogen) atoms. The third kappa shape index (κ3) is 1.66. The van der Waals surface area contributed by atoms with Crippen LogP contribution in [-0.4, -0.2) is 27.9 Å².